The van der Waals surface area contributed by atoms with Crippen LogP contribution in [0.1, 0.15) is 18.0 Å². The largest absolute Gasteiger partial charge is 0.493 e. The predicted molar refractivity (Wildman–Crippen MR) is 140 cm³/mol. The number of urea groups is 1. The van der Waals surface area contributed by atoms with Crippen molar-refractivity contribution in [3.63, 3.8) is 0 Å². The fraction of sp³-hybridized carbons (Fsp3) is 0.111. The third-order valence-electron chi connectivity index (χ3n) is 5.94. The van der Waals surface area contributed by atoms with Crippen LogP contribution >= 0.6 is 0 Å². The number of hydrogen-bond donors (Lipinski definition) is 2. The Morgan fingerprint density at radius 2 is 1.93 bits per heavy atom. The minimum absolute atomic E-state index is 0.0769. The van der Waals surface area contributed by atoms with Gasteiger partial charge in [-0.3, -0.25) is 4.68 Å². The number of carbonyl (C=O) groups excluding carboxylic acids is 2. The molecule has 14 heteroatoms. The maximum Gasteiger partial charge on any atom is 0.493 e. The Labute approximate surface area is 229 Å². The lowest BCUT2D eigenvalue weighted by Gasteiger charge is -2.23. The van der Waals surface area contributed by atoms with Gasteiger partial charge in [-0.2, -0.15) is 23.5 Å². The van der Waals surface area contributed by atoms with Gasteiger partial charge in [-0.1, -0.05) is 30.3 Å². The van der Waals surface area contributed by atoms with E-state index in [1.54, 1.807) is 42.9 Å². The van der Waals surface area contributed by atoms with Crippen LogP contribution in [0.3, 0.4) is 0 Å². The Morgan fingerprint density at radius 3 is 2.68 bits per heavy atom. The molecule has 2 aromatic carbocycles. The van der Waals surface area contributed by atoms with Crippen molar-refractivity contribution in [1.29, 1.82) is 5.26 Å². The number of fused-ring (bicyclic) bond motifs is 1. The number of benzene rings is 2. The molecule has 0 saturated heterocycles. The van der Waals surface area contributed by atoms with Crippen molar-refractivity contribution in [2.75, 3.05) is 10.4 Å². The molecule has 0 spiro atoms. The fourth-order valence-electron chi connectivity index (χ4n) is 4.08. The summed E-state index contributed by atoms with van der Waals surface area (Å²) in [6, 6.07) is 15.6. The number of para-hydroxylation sites is 1. The fourth-order valence-corrected chi connectivity index (χ4v) is 4.08. The van der Waals surface area contributed by atoms with Crippen LogP contribution < -0.4 is 10.4 Å². The predicted octanol–water partition coefficient (Wildman–Crippen LogP) is 5.38. The van der Waals surface area contributed by atoms with Gasteiger partial charge in [-0.25, -0.2) is 19.6 Å². The third kappa shape index (κ3) is 5.83. The van der Waals surface area contributed by atoms with Crippen molar-refractivity contribution >= 4 is 34.4 Å². The van der Waals surface area contributed by atoms with Crippen molar-refractivity contribution in [2.45, 2.75) is 18.6 Å². The van der Waals surface area contributed by atoms with E-state index < -0.39 is 24.2 Å². The lowest BCUT2D eigenvalue weighted by molar-refractivity contribution is -0.199. The highest BCUT2D eigenvalue weighted by Crippen LogP contribution is 2.30. The molecule has 3 heterocycles. The van der Waals surface area contributed by atoms with Crippen LogP contribution in [0.4, 0.5) is 29.3 Å². The molecule has 0 aliphatic carbocycles. The summed E-state index contributed by atoms with van der Waals surface area (Å²) < 4.78 is 40.7. The first kappa shape index (κ1) is 26.9. The van der Waals surface area contributed by atoms with Gasteiger partial charge in [0.1, 0.15) is 12.0 Å². The molecule has 41 heavy (non-hydrogen) atoms. The number of rotatable bonds is 6. The minimum Gasteiger partial charge on any atom is -0.346 e. The summed E-state index contributed by atoms with van der Waals surface area (Å²) in [5.41, 5.74) is 2.36. The van der Waals surface area contributed by atoms with E-state index >= 15 is 0 Å². The van der Waals surface area contributed by atoms with Gasteiger partial charge in [-0.05, 0) is 35.9 Å². The Bertz CT molecular complexity index is 1740. The Kier molecular flexibility index (Phi) is 7.33. The van der Waals surface area contributed by atoms with Crippen molar-refractivity contribution in [2.24, 2.45) is 0 Å². The van der Waals surface area contributed by atoms with E-state index in [1.807, 2.05) is 6.07 Å². The SMILES string of the molecule is N#CCC(c1cccc(N(OC(=O)C(F)(F)F)C(=O)Nc2ccccc2)c1)n1cc(-c2ncnc3[nH]ccc23)cn1. The van der Waals surface area contributed by atoms with Crippen LogP contribution in [0.25, 0.3) is 22.3 Å². The first-order valence-corrected chi connectivity index (χ1v) is 12.0. The molecule has 0 saturated carbocycles. The number of anilines is 2. The minimum atomic E-state index is -5.36. The van der Waals surface area contributed by atoms with E-state index in [2.05, 4.69) is 36.3 Å². The molecule has 0 aliphatic heterocycles. The Balaban J connectivity index is 1.49. The number of nitriles is 1. The third-order valence-corrected chi connectivity index (χ3v) is 5.94. The average Bonchev–Trinajstić information content (AvgIpc) is 3.64. The van der Waals surface area contributed by atoms with Gasteiger partial charge < -0.3 is 15.1 Å². The molecule has 1 unspecified atom stereocenters. The molecule has 2 N–H and O–H groups in total. The smallest absolute Gasteiger partial charge is 0.346 e. The van der Waals surface area contributed by atoms with Gasteiger partial charge in [-0.15, -0.1) is 5.06 Å². The van der Waals surface area contributed by atoms with Crippen molar-refractivity contribution in [3.8, 4) is 17.3 Å². The zero-order chi connectivity index (χ0) is 29.0. The van der Waals surface area contributed by atoms with Gasteiger partial charge in [0.15, 0.2) is 0 Å². The number of nitrogens with one attached hydrogen (secondary N) is 2. The molecule has 5 aromatic rings. The molecule has 1 atom stereocenters. The van der Waals surface area contributed by atoms with Crippen LogP contribution in [0.5, 0.6) is 0 Å². The number of carbonyl (C=O) groups is 2. The molecule has 2 amide bonds. The summed E-state index contributed by atoms with van der Waals surface area (Å²) in [5, 5.41) is 17.3. The number of aromatic amines is 1. The summed E-state index contributed by atoms with van der Waals surface area (Å²) >= 11 is 0. The van der Waals surface area contributed by atoms with Crippen molar-refractivity contribution in [3.05, 3.63) is 91.1 Å². The molecule has 206 valence electrons. The van der Waals surface area contributed by atoms with Crippen molar-refractivity contribution < 1.29 is 27.6 Å². The molecule has 0 bridgehead atoms. The number of hydrogen-bond acceptors (Lipinski definition) is 7. The van der Waals surface area contributed by atoms with Crippen LogP contribution in [0.15, 0.2) is 85.6 Å². The van der Waals surface area contributed by atoms with E-state index in [0.717, 1.165) is 5.39 Å². The zero-order valence-corrected chi connectivity index (χ0v) is 20.9. The van der Waals surface area contributed by atoms with E-state index in [1.165, 1.54) is 41.3 Å². The maximum atomic E-state index is 13.1. The first-order valence-electron chi connectivity index (χ1n) is 12.0. The van der Waals surface area contributed by atoms with E-state index in [0.29, 0.717) is 22.5 Å². The summed E-state index contributed by atoms with van der Waals surface area (Å²) in [7, 11) is 0. The summed E-state index contributed by atoms with van der Waals surface area (Å²) in [4.78, 5) is 40.7. The lowest BCUT2D eigenvalue weighted by atomic mass is 10.0. The molecular weight excluding hydrogens is 541 g/mol. The van der Waals surface area contributed by atoms with Gasteiger partial charge in [0.2, 0.25) is 0 Å². The second kappa shape index (κ2) is 11.2. The summed E-state index contributed by atoms with van der Waals surface area (Å²) in [6.07, 6.45) is 0.929. The average molecular weight is 560 g/mol. The van der Waals surface area contributed by atoms with Crippen LogP contribution in [-0.4, -0.2) is 42.9 Å². The number of amides is 2. The van der Waals surface area contributed by atoms with Gasteiger partial charge >= 0.3 is 18.2 Å². The Hall–Kier alpha value is -5.71. The van der Waals surface area contributed by atoms with E-state index in [-0.39, 0.29) is 22.9 Å². The van der Waals surface area contributed by atoms with E-state index in [4.69, 9.17) is 0 Å². The molecule has 0 radical (unpaired) electrons. The van der Waals surface area contributed by atoms with Crippen molar-refractivity contribution in [1.82, 2.24) is 24.7 Å². The molecule has 3 aromatic heterocycles. The number of nitrogens with zero attached hydrogens (tertiary/aromatic N) is 6. The molecule has 5 rings (SSSR count). The molecular formula is C27H19F3N8O3. The standard InChI is InChI=1S/C27H19F3N8O3/c28-27(29,30)25(39)41-38(26(40)36-19-6-2-1-3-7-19)20-8-4-5-17(13-20)22(9-11-31)37-15-18(14-35-37)23-21-10-12-32-24(21)34-16-33-23/h1-8,10,12-16,22H,9H2,(H,36,40)(H,32,33,34). The second-order valence-corrected chi connectivity index (χ2v) is 8.61. The summed E-state index contributed by atoms with van der Waals surface area (Å²) in [5.74, 6) is -2.59. The molecule has 0 fully saturated rings. The first-order chi connectivity index (χ1) is 19.7. The topological polar surface area (TPSA) is 142 Å². The Morgan fingerprint density at radius 1 is 1.12 bits per heavy atom. The van der Waals surface area contributed by atoms with Crippen LogP contribution in [-0.2, 0) is 9.63 Å². The zero-order valence-electron chi connectivity index (χ0n) is 20.9. The molecule has 0 aliphatic rings. The number of halogens is 3. The number of H-pyrrole nitrogens is 1. The molecule has 11 nitrogen and oxygen atoms in total. The van der Waals surface area contributed by atoms with Gasteiger partial charge in [0, 0.05) is 29.0 Å². The maximum absolute atomic E-state index is 13.1. The quantitative estimate of drug-likeness (QED) is 0.266. The van der Waals surface area contributed by atoms with Crippen LogP contribution in [0, 0.1) is 11.3 Å². The van der Waals surface area contributed by atoms with Gasteiger partial charge in [0.05, 0.1) is 36.1 Å². The second-order valence-electron chi connectivity index (χ2n) is 8.61. The number of hydroxylamine groups is 1. The number of alkyl halides is 3. The van der Waals surface area contributed by atoms with E-state index in [9.17, 15) is 28.0 Å². The summed E-state index contributed by atoms with van der Waals surface area (Å²) in [6.45, 7) is 0. The normalized spacial score (nSPS) is 12.0. The highest BCUT2D eigenvalue weighted by atomic mass is 19.4. The lowest BCUT2D eigenvalue weighted by Crippen LogP contribution is -2.41. The highest BCUT2D eigenvalue weighted by molar-refractivity contribution is 6.01. The van der Waals surface area contributed by atoms with Gasteiger partial charge in [0.25, 0.3) is 0 Å². The number of aromatic nitrogens is 5. The van der Waals surface area contributed by atoms with Crippen LogP contribution in [0.2, 0.25) is 0 Å². The monoisotopic (exact) mass is 560 g/mol. The highest BCUT2D eigenvalue weighted by Gasteiger charge is 2.44.